The molecule has 0 aromatic carbocycles. The van der Waals surface area contributed by atoms with Gasteiger partial charge in [0.15, 0.2) is 11.5 Å². The Kier molecular flexibility index (Phi) is 3.79. The van der Waals surface area contributed by atoms with Crippen molar-refractivity contribution in [3.8, 4) is 0 Å². The Labute approximate surface area is 120 Å². The van der Waals surface area contributed by atoms with E-state index in [1.165, 1.54) is 22.6 Å². The summed E-state index contributed by atoms with van der Waals surface area (Å²) >= 11 is 1.54. The van der Waals surface area contributed by atoms with Crippen molar-refractivity contribution in [3.05, 3.63) is 28.9 Å². The van der Waals surface area contributed by atoms with Crippen LogP contribution in [0.4, 0.5) is 5.13 Å². The van der Waals surface area contributed by atoms with Crippen LogP contribution in [0, 0.1) is 6.92 Å². The summed E-state index contributed by atoms with van der Waals surface area (Å²) in [5.74, 6) is 0.487. The SMILES string of the molecule is Cc1ncoc1C(=O)Nc1ncc(C2CCNCC2)s1. The van der Waals surface area contributed by atoms with E-state index in [0.29, 0.717) is 16.7 Å². The molecule has 3 rings (SSSR count). The van der Waals surface area contributed by atoms with E-state index in [1.807, 2.05) is 6.20 Å². The molecule has 2 aromatic rings. The van der Waals surface area contributed by atoms with Gasteiger partial charge in [0, 0.05) is 11.1 Å². The first kappa shape index (κ1) is 13.3. The van der Waals surface area contributed by atoms with Crippen LogP contribution in [0.3, 0.4) is 0 Å². The van der Waals surface area contributed by atoms with Gasteiger partial charge in [0.25, 0.3) is 5.91 Å². The first-order valence-corrected chi connectivity index (χ1v) is 7.43. The number of nitrogens with one attached hydrogen (secondary N) is 2. The number of amides is 1. The standard InChI is InChI=1S/C13H16N4O2S/c1-8-11(19-7-16-8)12(18)17-13-15-6-10(20-13)9-2-4-14-5-3-9/h6-7,9,14H,2-5H2,1H3,(H,15,17,18). The molecule has 2 N–H and O–H groups in total. The van der Waals surface area contributed by atoms with Crippen LogP contribution in [0.1, 0.15) is 39.9 Å². The van der Waals surface area contributed by atoms with E-state index < -0.39 is 0 Å². The fourth-order valence-electron chi connectivity index (χ4n) is 2.31. The van der Waals surface area contributed by atoms with Gasteiger partial charge in [-0.2, -0.15) is 0 Å². The number of anilines is 1. The minimum Gasteiger partial charge on any atom is -0.438 e. The van der Waals surface area contributed by atoms with Gasteiger partial charge in [0.1, 0.15) is 0 Å². The molecule has 1 saturated heterocycles. The molecular weight excluding hydrogens is 276 g/mol. The number of thiazole rings is 1. The minimum absolute atomic E-state index is 0.239. The summed E-state index contributed by atoms with van der Waals surface area (Å²) in [5, 5.41) is 6.72. The molecule has 0 aliphatic carbocycles. The first-order chi connectivity index (χ1) is 9.74. The summed E-state index contributed by atoms with van der Waals surface area (Å²) in [5.41, 5.74) is 0.581. The lowest BCUT2D eigenvalue weighted by atomic mass is 9.97. The van der Waals surface area contributed by atoms with Crippen molar-refractivity contribution in [1.82, 2.24) is 15.3 Å². The van der Waals surface area contributed by atoms with E-state index in [0.717, 1.165) is 25.9 Å². The summed E-state index contributed by atoms with van der Waals surface area (Å²) < 4.78 is 5.07. The number of nitrogens with zero attached hydrogens (tertiary/aromatic N) is 2. The summed E-state index contributed by atoms with van der Waals surface area (Å²) in [7, 11) is 0. The highest BCUT2D eigenvalue weighted by atomic mass is 32.1. The molecular formula is C13H16N4O2S. The first-order valence-electron chi connectivity index (χ1n) is 6.62. The number of piperidine rings is 1. The molecule has 106 valence electrons. The largest absolute Gasteiger partial charge is 0.438 e. The topological polar surface area (TPSA) is 80.1 Å². The molecule has 2 aromatic heterocycles. The van der Waals surface area contributed by atoms with Crippen LogP contribution in [0.2, 0.25) is 0 Å². The molecule has 0 unspecified atom stereocenters. The maximum Gasteiger partial charge on any atom is 0.295 e. The number of hydrogen-bond donors (Lipinski definition) is 2. The van der Waals surface area contributed by atoms with Gasteiger partial charge in [-0.15, -0.1) is 11.3 Å². The van der Waals surface area contributed by atoms with Crippen LogP contribution in [-0.4, -0.2) is 29.0 Å². The van der Waals surface area contributed by atoms with Crippen molar-refractivity contribution in [2.75, 3.05) is 18.4 Å². The summed E-state index contributed by atoms with van der Waals surface area (Å²) in [6, 6.07) is 0. The Bertz CT molecular complexity index is 601. The summed E-state index contributed by atoms with van der Waals surface area (Å²) in [6.07, 6.45) is 5.38. The van der Waals surface area contributed by atoms with Crippen LogP contribution < -0.4 is 10.6 Å². The maximum atomic E-state index is 12.0. The van der Waals surface area contributed by atoms with E-state index in [2.05, 4.69) is 20.6 Å². The normalized spacial score (nSPS) is 16.2. The Morgan fingerprint density at radius 3 is 2.95 bits per heavy atom. The van der Waals surface area contributed by atoms with E-state index in [9.17, 15) is 4.79 Å². The van der Waals surface area contributed by atoms with E-state index >= 15 is 0 Å². The Morgan fingerprint density at radius 1 is 1.45 bits per heavy atom. The van der Waals surface area contributed by atoms with Gasteiger partial charge in [0.05, 0.1) is 5.69 Å². The van der Waals surface area contributed by atoms with Gasteiger partial charge < -0.3 is 9.73 Å². The number of rotatable bonds is 3. The van der Waals surface area contributed by atoms with E-state index in [1.54, 1.807) is 6.92 Å². The van der Waals surface area contributed by atoms with E-state index in [4.69, 9.17) is 4.42 Å². The summed E-state index contributed by atoms with van der Waals surface area (Å²) in [6.45, 7) is 3.82. The molecule has 1 aliphatic rings. The highest BCUT2D eigenvalue weighted by molar-refractivity contribution is 7.15. The second-order valence-electron chi connectivity index (χ2n) is 4.81. The molecule has 0 spiro atoms. The zero-order chi connectivity index (χ0) is 13.9. The molecule has 3 heterocycles. The average Bonchev–Trinajstić information content (AvgIpc) is 3.09. The summed E-state index contributed by atoms with van der Waals surface area (Å²) in [4.78, 5) is 21.4. The molecule has 0 bridgehead atoms. The molecule has 0 radical (unpaired) electrons. The van der Waals surface area contributed by atoms with Crippen LogP contribution in [0.15, 0.2) is 17.0 Å². The van der Waals surface area contributed by atoms with Crippen molar-refractivity contribution in [2.45, 2.75) is 25.7 Å². The predicted octanol–water partition coefficient (Wildman–Crippen LogP) is 2.16. The quantitative estimate of drug-likeness (QED) is 0.906. The maximum absolute atomic E-state index is 12.0. The fraction of sp³-hybridized carbons (Fsp3) is 0.462. The van der Waals surface area contributed by atoms with Gasteiger partial charge >= 0.3 is 0 Å². The van der Waals surface area contributed by atoms with Gasteiger partial charge in [-0.25, -0.2) is 9.97 Å². The molecule has 7 heteroatoms. The lowest BCUT2D eigenvalue weighted by Gasteiger charge is -2.20. The third-order valence-corrected chi connectivity index (χ3v) is 4.51. The Morgan fingerprint density at radius 2 is 2.25 bits per heavy atom. The van der Waals surface area contributed by atoms with Crippen molar-refractivity contribution in [3.63, 3.8) is 0 Å². The molecule has 1 fully saturated rings. The second-order valence-corrected chi connectivity index (χ2v) is 5.88. The molecule has 0 atom stereocenters. The minimum atomic E-state index is -0.300. The Balaban J connectivity index is 1.68. The number of carbonyl (C=O) groups excluding carboxylic acids is 1. The average molecular weight is 292 g/mol. The lowest BCUT2D eigenvalue weighted by molar-refractivity contribution is 0.0996. The third kappa shape index (κ3) is 2.73. The molecule has 1 aliphatic heterocycles. The zero-order valence-corrected chi connectivity index (χ0v) is 12.0. The number of aromatic nitrogens is 2. The van der Waals surface area contributed by atoms with Gasteiger partial charge in [-0.3, -0.25) is 10.1 Å². The van der Waals surface area contributed by atoms with Crippen LogP contribution >= 0.6 is 11.3 Å². The highest BCUT2D eigenvalue weighted by Gasteiger charge is 2.20. The van der Waals surface area contributed by atoms with Crippen LogP contribution in [-0.2, 0) is 0 Å². The number of oxazole rings is 1. The second kappa shape index (κ2) is 5.72. The lowest BCUT2D eigenvalue weighted by Crippen LogP contribution is -2.26. The van der Waals surface area contributed by atoms with Gasteiger partial charge in [-0.05, 0) is 38.8 Å². The van der Waals surface area contributed by atoms with Crippen LogP contribution in [0.5, 0.6) is 0 Å². The zero-order valence-electron chi connectivity index (χ0n) is 11.2. The smallest absolute Gasteiger partial charge is 0.295 e. The van der Waals surface area contributed by atoms with Crippen LogP contribution in [0.25, 0.3) is 0 Å². The fourth-order valence-corrected chi connectivity index (χ4v) is 3.29. The third-order valence-electron chi connectivity index (χ3n) is 3.44. The molecule has 20 heavy (non-hydrogen) atoms. The van der Waals surface area contributed by atoms with Crippen molar-refractivity contribution >= 4 is 22.4 Å². The molecule has 0 saturated carbocycles. The van der Waals surface area contributed by atoms with Crippen molar-refractivity contribution in [2.24, 2.45) is 0 Å². The molecule has 1 amide bonds. The van der Waals surface area contributed by atoms with Crippen molar-refractivity contribution in [1.29, 1.82) is 0 Å². The van der Waals surface area contributed by atoms with E-state index in [-0.39, 0.29) is 11.7 Å². The molecule has 6 nitrogen and oxygen atoms in total. The predicted molar refractivity (Wildman–Crippen MR) is 76.2 cm³/mol. The van der Waals surface area contributed by atoms with Gasteiger partial charge in [0.2, 0.25) is 5.76 Å². The monoisotopic (exact) mass is 292 g/mol. The van der Waals surface area contributed by atoms with Gasteiger partial charge in [-0.1, -0.05) is 0 Å². The van der Waals surface area contributed by atoms with Crippen molar-refractivity contribution < 1.29 is 9.21 Å². The number of aryl methyl sites for hydroxylation is 1. The number of hydrogen-bond acceptors (Lipinski definition) is 6. The number of carbonyl (C=O) groups is 1. The Hall–Kier alpha value is -1.73. The highest BCUT2D eigenvalue weighted by Crippen LogP contribution is 2.31.